The number of nitrogens with zero attached hydrogens (tertiary/aromatic N) is 2. The van der Waals surface area contributed by atoms with Crippen LogP contribution in [-0.4, -0.2) is 45.6 Å². The Balaban J connectivity index is 4.46. The van der Waals surface area contributed by atoms with Gasteiger partial charge in [0.05, 0.1) is 12.3 Å². The standard InChI is InChI=1S/C6H14N4O3/c1-3(11)5(12)6(13)4(10-8)2-9-7/h2-3,5-6,11-13H,7-8H2,1H3/b9-2+,10-4-. The third-order valence-corrected chi connectivity index (χ3v) is 1.48. The summed E-state index contributed by atoms with van der Waals surface area (Å²) in [6.07, 6.45) is -2.88. The minimum atomic E-state index is -1.41. The minimum Gasteiger partial charge on any atom is -0.391 e. The first-order valence-corrected chi connectivity index (χ1v) is 3.59. The van der Waals surface area contributed by atoms with Crippen LogP contribution in [0.5, 0.6) is 0 Å². The molecule has 0 aromatic carbocycles. The molecule has 0 aliphatic rings. The highest BCUT2D eigenvalue weighted by Gasteiger charge is 2.25. The Labute approximate surface area is 75.4 Å². The van der Waals surface area contributed by atoms with E-state index in [4.69, 9.17) is 16.8 Å². The molecule has 13 heavy (non-hydrogen) atoms. The first kappa shape index (κ1) is 11.8. The van der Waals surface area contributed by atoms with Crippen LogP contribution in [-0.2, 0) is 0 Å². The predicted octanol–water partition coefficient (Wildman–Crippen LogP) is -2.65. The summed E-state index contributed by atoms with van der Waals surface area (Å²) in [5.41, 5.74) is -0.101. The number of aliphatic hydroxyl groups excluding tert-OH is 3. The Bertz CT molecular complexity index is 204. The highest BCUT2D eigenvalue weighted by molar-refractivity contribution is 6.32. The molecular formula is C6H14N4O3. The van der Waals surface area contributed by atoms with Gasteiger partial charge < -0.3 is 27.0 Å². The summed E-state index contributed by atoms with van der Waals surface area (Å²) in [6.45, 7) is 1.32. The first-order valence-electron chi connectivity index (χ1n) is 3.59. The Morgan fingerprint density at radius 3 is 2.15 bits per heavy atom. The van der Waals surface area contributed by atoms with Gasteiger partial charge in [-0.15, -0.1) is 0 Å². The van der Waals surface area contributed by atoms with Gasteiger partial charge >= 0.3 is 0 Å². The molecule has 3 unspecified atom stereocenters. The minimum absolute atomic E-state index is 0.101. The molecule has 7 nitrogen and oxygen atoms in total. The van der Waals surface area contributed by atoms with Crippen molar-refractivity contribution in [3.63, 3.8) is 0 Å². The van der Waals surface area contributed by atoms with Crippen LogP contribution < -0.4 is 11.7 Å². The van der Waals surface area contributed by atoms with Crippen molar-refractivity contribution < 1.29 is 15.3 Å². The van der Waals surface area contributed by atoms with Crippen molar-refractivity contribution in [2.75, 3.05) is 0 Å². The van der Waals surface area contributed by atoms with Crippen molar-refractivity contribution in [3.05, 3.63) is 0 Å². The van der Waals surface area contributed by atoms with E-state index >= 15 is 0 Å². The van der Waals surface area contributed by atoms with Gasteiger partial charge in [0.2, 0.25) is 0 Å². The van der Waals surface area contributed by atoms with E-state index in [-0.39, 0.29) is 5.71 Å². The van der Waals surface area contributed by atoms with Gasteiger partial charge in [0.15, 0.2) is 0 Å². The van der Waals surface area contributed by atoms with Gasteiger partial charge in [-0.25, -0.2) is 0 Å². The summed E-state index contributed by atoms with van der Waals surface area (Å²) in [5, 5.41) is 33.6. The van der Waals surface area contributed by atoms with Gasteiger partial charge in [0.25, 0.3) is 0 Å². The topological polar surface area (TPSA) is 137 Å². The highest BCUT2D eigenvalue weighted by Crippen LogP contribution is 2.00. The molecule has 0 amide bonds. The average molecular weight is 190 g/mol. The van der Waals surface area contributed by atoms with E-state index in [1.807, 2.05) is 0 Å². The van der Waals surface area contributed by atoms with Crippen molar-refractivity contribution >= 4 is 11.9 Å². The molecule has 0 aromatic rings. The number of nitrogens with two attached hydrogens (primary N) is 2. The summed E-state index contributed by atoms with van der Waals surface area (Å²) in [5.74, 6) is 9.68. The Kier molecular flexibility index (Phi) is 4.97. The molecule has 0 rings (SSSR count). The highest BCUT2D eigenvalue weighted by atomic mass is 16.4. The van der Waals surface area contributed by atoms with Gasteiger partial charge in [-0.3, -0.25) is 0 Å². The van der Waals surface area contributed by atoms with Gasteiger partial charge in [-0.1, -0.05) is 0 Å². The third-order valence-electron chi connectivity index (χ3n) is 1.48. The normalized spacial score (nSPS) is 20.2. The second kappa shape index (κ2) is 5.46. The molecule has 0 aromatic heterocycles. The summed E-state index contributed by atoms with van der Waals surface area (Å²) < 4.78 is 0. The summed E-state index contributed by atoms with van der Waals surface area (Å²) >= 11 is 0. The van der Waals surface area contributed by atoms with E-state index in [0.717, 1.165) is 6.21 Å². The summed E-state index contributed by atoms with van der Waals surface area (Å²) in [7, 11) is 0. The van der Waals surface area contributed by atoms with Crippen LogP contribution in [0.4, 0.5) is 0 Å². The van der Waals surface area contributed by atoms with Crippen LogP contribution in [0.1, 0.15) is 6.92 Å². The second-order valence-electron chi connectivity index (χ2n) is 2.51. The molecule has 0 bridgehead atoms. The van der Waals surface area contributed by atoms with E-state index in [9.17, 15) is 10.2 Å². The Morgan fingerprint density at radius 2 is 1.85 bits per heavy atom. The van der Waals surface area contributed by atoms with E-state index in [1.54, 1.807) is 0 Å². The van der Waals surface area contributed by atoms with Crippen LogP contribution in [0.25, 0.3) is 0 Å². The number of hydrogen-bond donors (Lipinski definition) is 5. The fourth-order valence-electron chi connectivity index (χ4n) is 0.701. The molecule has 0 heterocycles. The Morgan fingerprint density at radius 1 is 1.31 bits per heavy atom. The van der Waals surface area contributed by atoms with E-state index in [0.29, 0.717) is 0 Å². The van der Waals surface area contributed by atoms with E-state index < -0.39 is 18.3 Å². The number of rotatable bonds is 4. The van der Waals surface area contributed by atoms with Gasteiger partial charge in [-0.05, 0) is 6.92 Å². The lowest BCUT2D eigenvalue weighted by Crippen LogP contribution is -2.42. The molecule has 7 heteroatoms. The molecule has 76 valence electrons. The van der Waals surface area contributed by atoms with Crippen LogP contribution in [0.2, 0.25) is 0 Å². The fraction of sp³-hybridized carbons (Fsp3) is 0.667. The lowest BCUT2D eigenvalue weighted by Gasteiger charge is -2.19. The summed E-state index contributed by atoms with van der Waals surface area (Å²) in [4.78, 5) is 0. The molecule has 0 radical (unpaired) electrons. The lowest BCUT2D eigenvalue weighted by atomic mass is 10.1. The Hall–Kier alpha value is -1.18. The van der Waals surface area contributed by atoms with Gasteiger partial charge in [0.1, 0.15) is 17.9 Å². The lowest BCUT2D eigenvalue weighted by molar-refractivity contribution is -0.0249. The fourth-order valence-corrected chi connectivity index (χ4v) is 0.701. The molecule has 7 N–H and O–H groups in total. The van der Waals surface area contributed by atoms with Crippen molar-refractivity contribution in [2.45, 2.75) is 25.2 Å². The van der Waals surface area contributed by atoms with Crippen molar-refractivity contribution in [1.29, 1.82) is 0 Å². The SMILES string of the molecule is CC(O)C(O)C(O)C(/C=N/N)=N\N. The van der Waals surface area contributed by atoms with Gasteiger partial charge in [-0.2, -0.15) is 10.2 Å². The largest absolute Gasteiger partial charge is 0.391 e. The molecule has 0 aliphatic heterocycles. The van der Waals surface area contributed by atoms with E-state index in [1.165, 1.54) is 6.92 Å². The van der Waals surface area contributed by atoms with Crippen LogP contribution in [0.15, 0.2) is 10.2 Å². The monoisotopic (exact) mass is 190 g/mol. The number of aliphatic hydroxyl groups is 3. The quantitative estimate of drug-likeness (QED) is 0.187. The molecular weight excluding hydrogens is 176 g/mol. The van der Waals surface area contributed by atoms with E-state index in [2.05, 4.69) is 10.2 Å². The second-order valence-corrected chi connectivity index (χ2v) is 2.51. The predicted molar refractivity (Wildman–Crippen MR) is 48.0 cm³/mol. The summed E-state index contributed by atoms with van der Waals surface area (Å²) in [6, 6.07) is 0. The zero-order valence-electron chi connectivity index (χ0n) is 7.20. The molecule has 0 aliphatic carbocycles. The number of hydrazone groups is 2. The molecule has 0 fully saturated rings. The third kappa shape index (κ3) is 3.36. The van der Waals surface area contributed by atoms with Gasteiger partial charge in [0, 0.05) is 0 Å². The smallest absolute Gasteiger partial charge is 0.128 e. The van der Waals surface area contributed by atoms with Crippen LogP contribution >= 0.6 is 0 Å². The molecule has 0 spiro atoms. The zero-order chi connectivity index (χ0) is 10.4. The molecule has 0 saturated heterocycles. The van der Waals surface area contributed by atoms with Crippen molar-refractivity contribution in [1.82, 2.24) is 0 Å². The molecule has 0 saturated carbocycles. The average Bonchev–Trinajstić information content (AvgIpc) is 2.11. The maximum absolute atomic E-state index is 9.31. The number of hydrogen-bond acceptors (Lipinski definition) is 7. The maximum Gasteiger partial charge on any atom is 0.128 e. The van der Waals surface area contributed by atoms with Crippen LogP contribution in [0, 0.1) is 0 Å². The molecule has 3 atom stereocenters. The van der Waals surface area contributed by atoms with Crippen LogP contribution in [0.3, 0.4) is 0 Å². The zero-order valence-corrected chi connectivity index (χ0v) is 7.20. The maximum atomic E-state index is 9.31. The van der Waals surface area contributed by atoms with Crippen molar-refractivity contribution in [3.8, 4) is 0 Å². The van der Waals surface area contributed by atoms with Crippen molar-refractivity contribution in [2.24, 2.45) is 21.9 Å². The first-order chi connectivity index (χ1) is 6.04.